The van der Waals surface area contributed by atoms with Crippen LogP contribution in [0.2, 0.25) is 0 Å². The molecule has 0 amide bonds. The zero-order valence-electron chi connectivity index (χ0n) is 9.32. The quantitative estimate of drug-likeness (QED) is 0.754. The number of aryl methyl sites for hydroxylation is 1. The molecule has 3 nitrogen and oxygen atoms in total. The molecule has 0 unspecified atom stereocenters. The fraction of sp³-hybridized carbons (Fsp3) is 0.545. The van der Waals surface area contributed by atoms with E-state index in [0.29, 0.717) is 4.99 Å². The molecular formula is C11H18N2OS. The Morgan fingerprint density at radius 3 is 2.87 bits per heavy atom. The summed E-state index contributed by atoms with van der Waals surface area (Å²) in [5.41, 5.74) is 6.68. The van der Waals surface area contributed by atoms with Gasteiger partial charge in [0.25, 0.3) is 0 Å². The molecule has 0 saturated carbocycles. The van der Waals surface area contributed by atoms with Gasteiger partial charge in [0, 0.05) is 12.1 Å². The summed E-state index contributed by atoms with van der Waals surface area (Å²) >= 11 is 4.83. The smallest absolute Gasteiger partial charge is 0.105 e. The lowest BCUT2D eigenvalue weighted by Crippen LogP contribution is -2.20. The summed E-state index contributed by atoms with van der Waals surface area (Å²) in [7, 11) is 2.09. The predicted molar refractivity (Wildman–Crippen MR) is 65.8 cm³/mol. The fourth-order valence-corrected chi connectivity index (χ4v) is 1.61. The van der Waals surface area contributed by atoms with E-state index in [1.807, 2.05) is 13.0 Å². The van der Waals surface area contributed by atoms with E-state index in [2.05, 4.69) is 11.9 Å². The molecule has 15 heavy (non-hydrogen) atoms. The van der Waals surface area contributed by atoms with Crippen molar-refractivity contribution in [2.24, 2.45) is 5.73 Å². The summed E-state index contributed by atoms with van der Waals surface area (Å²) in [5, 5.41) is 0. The van der Waals surface area contributed by atoms with E-state index in [1.54, 1.807) is 6.26 Å². The highest BCUT2D eigenvalue weighted by molar-refractivity contribution is 7.80. The van der Waals surface area contributed by atoms with E-state index < -0.39 is 0 Å². The Labute approximate surface area is 96.2 Å². The number of hydrogen-bond acceptors (Lipinski definition) is 3. The highest BCUT2D eigenvalue weighted by atomic mass is 32.1. The fourth-order valence-electron chi connectivity index (χ4n) is 1.47. The molecule has 0 atom stereocenters. The summed E-state index contributed by atoms with van der Waals surface area (Å²) < 4.78 is 5.24. The Hall–Kier alpha value is -0.870. The minimum atomic E-state index is 0.600. The van der Waals surface area contributed by atoms with Crippen molar-refractivity contribution in [3.63, 3.8) is 0 Å². The first kappa shape index (κ1) is 12.2. The molecule has 1 aromatic heterocycles. The molecule has 0 aliphatic heterocycles. The Morgan fingerprint density at radius 2 is 2.33 bits per heavy atom. The molecule has 0 saturated heterocycles. The molecule has 1 rings (SSSR count). The lowest BCUT2D eigenvalue weighted by Gasteiger charge is -2.15. The Balaban J connectivity index is 2.27. The van der Waals surface area contributed by atoms with Gasteiger partial charge in [-0.15, -0.1) is 0 Å². The maximum Gasteiger partial charge on any atom is 0.105 e. The van der Waals surface area contributed by atoms with E-state index in [1.165, 1.54) is 5.56 Å². The van der Waals surface area contributed by atoms with E-state index in [4.69, 9.17) is 22.4 Å². The van der Waals surface area contributed by atoms with Crippen LogP contribution in [0.25, 0.3) is 0 Å². The number of nitrogens with two attached hydrogens (primary N) is 1. The lowest BCUT2D eigenvalue weighted by atomic mass is 10.2. The summed E-state index contributed by atoms with van der Waals surface area (Å²) in [4.78, 5) is 2.85. The van der Waals surface area contributed by atoms with Crippen LogP contribution in [0, 0.1) is 6.92 Å². The van der Waals surface area contributed by atoms with Gasteiger partial charge in [0.15, 0.2) is 0 Å². The number of thiocarbonyl (C=S) groups is 1. The van der Waals surface area contributed by atoms with Crippen molar-refractivity contribution < 1.29 is 4.42 Å². The molecular weight excluding hydrogens is 208 g/mol. The van der Waals surface area contributed by atoms with Crippen molar-refractivity contribution in [1.82, 2.24) is 4.90 Å². The van der Waals surface area contributed by atoms with Crippen LogP contribution in [0.15, 0.2) is 16.7 Å². The second kappa shape index (κ2) is 5.88. The molecule has 1 heterocycles. The molecule has 0 bridgehead atoms. The van der Waals surface area contributed by atoms with Gasteiger partial charge in [-0.3, -0.25) is 0 Å². The van der Waals surface area contributed by atoms with Crippen molar-refractivity contribution in [3.8, 4) is 0 Å². The molecule has 0 radical (unpaired) electrons. The normalized spacial score (nSPS) is 10.9. The first-order chi connectivity index (χ1) is 7.09. The molecule has 0 aliphatic carbocycles. The maximum absolute atomic E-state index is 5.44. The van der Waals surface area contributed by atoms with Crippen LogP contribution < -0.4 is 5.73 Å². The topological polar surface area (TPSA) is 42.4 Å². The van der Waals surface area contributed by atoms with Crippen LogP contribution in [-0.2, 0) is 6.54 Å². The standard InChI is InChI=1S/C11H18N2OS/c1-9-10(5-7-14-9)8-13(2)6-3-4-11(12)15/h5,7H,3-4,6,8H2,1-2H3,(H2,12,15). The van der Waals surface area contributed by atoms with E-state index >= 15 is 0 Å². The molecule has 0 aliphatic rings. The SMILES string of the molecule is Cc1occc1CN(C)CCCC(N)=S. The van der Waals surface area contributed by atoms with E-state index in [-0.39, 0.29) is 0 Å². The first-order valence-corrected chi connectivity index (χ1v) is 5.50. The summed E-state index contributed by atoms with van der Waals surface area (Å²) in [5.74, 6) is 0.996. The van der Waals surface area contributed by atoms with Crippen LogP contribution in [0.4, 0.5) is 0 Å². The minimum Gasteiger partial charge on any atom is -0.469 e. The first-order valence-electron chi connectivity index (χ1n) is 5.09. The molecule has 0 aromatic carbocycles. The Kier molecular flexibility index (Phi) is 4.78. The van der Waals surface area contributed by atoms with Gasteiger partial charge < -0.3 is 15.1 Å². The van der Waals surface area contributed by atoms with Crippen molar-refractivity contribution in [2.75, 3.05) is 13.6 Å². The van der Waals surface area contributed by atoms with Crippen LogP contribution >= 0.6 is 12.2 Å². The molecule has 0 fully saturated rings. The van der Waals surface area contributed by atoms with Crippen LogP contribution in [0.3, 0.4) is 0 Å². The number of rotatable bonds is 6. The van der Waals surface area contributed by atoms with Crippen molar-refractivity contribution in [2.45, 2.75) is 26.3 Å². The van der Waals surface area contributed by atoms with Crippen LogP contribution in [0.1, 0.15) is 24.2 Å². The Bertz CT molecular complexity index is 322. The molecule has 84 valence electrons. The van der Waals surface area contributed by atoms with Crippen molar-refractivity contribution >= 4 is 17.2 Å². The number of hydrogen-bond donors (Lipinski definition) is 1. The third-order valence-electron chi connectivity index (χ3n) is 2.37. The van der Waals surface area contributed by atoms with Gasteiger partial charge >= 0.3 is 0 Å². The zero-order valence-corrected chi connectivity index (χ0v) is 10.1. The van der Waals surface area contributed by atoms with Crippen molar-refractivity contribution in [1.29, 1.82) is 0 Å². The van der Waals surface area contributed by atoms with Crippen LogP contribution in [0.5, 0.6) is 0 Å². The van der Waals surface area contributed by atoms with E-state index in [0.717, 1.165) is 31.7 Å². The van der Waals surface area contributed by atoms with Gasteiger partial charge in [-0.25, -0.2) is 0 Å². The van der Waals surface area contributed by atoms with Gasteiger partial charge in [0.1, 0.15) is 5.76 Å². The summed E-state index contributed by atoms with van der Waals surface area (Å²) in [6.07, 6.45) is 3.57. The van der Waals surface area contributed by atoms with E-state index in [9.17, 15) is 0 Å². The average molecular weight is 226 g/mol. The van der Waals surface area contributed by atoms with Gasteiger partial charge in [0.2, 0.25) is 0 Å². The summed E-state index contributed by atoms with van der Waals surface area (Å²) in [6, 6.07) is 2.01. The molecule has 2 N–H and O–H groups in total. The van der Waals surface area contributed by atoms with Gasteiger partial charge in [-0.2, -0.15) is 0 Å². The van der Waals surface area contributed by atoms with Crippen molar-refractivity contribution in [3.05, 3.63) is 23.7 Å². The van der Waals surface area contributed by atoms with Gasteiger partial charge in [0.05, 0.1) is 11.3 Å². The average Bonchev–Trinajstić information content (AvgIpc) is 2.51. The second-order valence-electron chi connectivity index (χ2n) is 3.81. The highest BCUT2D eigenvalue weighted by Crippen LogP contribution is 2.11. The van der Waals surface area contributed by atoms with Crippen LogP contribution in [-0.4, -0.2) is 23.5 Å². The summed E-state index contributed by atoms with van der Waals surface area (Å²) in [6.45, 7) is 3.90. The number of furan rings is 1. The third-order valence-corrected chi connectivity index (χ3v) is 2.57. The van der Waals surface area contributed by atoms with Gasteiger partial charge in [-0.05, 0) is 39.4 Å². The monoisotopic (exact) mass is 226 g/mol. The third kappa shape index (κ3) is 4.44. The Morgan fingerprint density at radius 1 is 1.60 bits per heavy atom. The minimum absolute atomic E-state index is 0.600. The number of nitrogens with zero attached hydrogens (tertiary/aromatic N) is 1. The molecule has 1 aromatic rings. The lowest BCUT2D eigenvalue weighted by molar-refractivity contribution is 0.322. The molecule has 4 heteroatoms. The van der Waals surface area contributed by atoms with Gasteiger partial charge in [-0.1, -0.05) is 12.2 Å². The second-order valence-corrected chi connectivity index (χ2v) is 4.33. The predicted octanol–water partition coefficient (Wildman–Crippen LogP) is 2.09. The highest BCUT2D eigenvalue weighted by Gasteiger charge is 2.05. The molecule has 0 spiro atoms. The zero-order chi connectivity index (χ0) is 11.3. The maximum atomic E-state index is 5.44. The largest absolute Gasteiger partial charge is 0.469 e.